The lowest BCUT2D eigenvalue weighted by Gasteiger charge is -2.36. The Morgan fingerprint density at radius 1 is 1.50 bits per heavy atom. The summed E-state index contributed by atoms with van der Waals surface area (Å²) in [6, 6.07) is -0.112. The van der Waals surface area contributed by atoms with Crippen molar-refractivity contribution in [3.63, 3.8) is 0 Å². The van der Waals surface area contributed by atoms with Crippen LogP contribution in [-0.4, -0.2) is 38.8 Å². The number of aromatic amines is 2. The number of piperidine rings is 1. The van der Waals surface area contributed by atoms with Crippen molar-refractivity contribution in [2.24, 2.45) is 5.92 Å². The van der Waals surface area contributed by atoms with E-state index in [2.05, 4.69) is 15.2 Å². The maximum Gasteiger partial charge on any atom is 0.342 e. The number of anilines is 1. The monoisotopic (exact) mass is 254 g/mol. The molecule has 0 saturated carbocycles. The normalized spacial score (nSPS) is 23.9. The molecule has 2 rings (SSSR count). The molecule has 1 fully saturated rings. The van der Waals surface area contributed by atoms with Gasteiger partial charge in [0, 0.05) is 12.6 Å². The summed E-state index contributed by atoms with van der Waals surface area (Å²) in [6.45, 7) is 2.27. The number of hydrogen-bond acceptors (Lipinski definition) is 5. The standard InChI is InChI=1S/C10H14N4O4/c1-5-4-6(9(16)17)2-3-14(5)7-8(15)11-10(18)13-12-7/h5-6H,2-4H2,1H3,(H,16,17)(H2,11,13,15,18). The van der Waals surface area contributed by atoms with Gasteiger partial charge in [0.25, 0.3) is 5.56 Å². The quantitative estimate of drug-likeness (QED) is 0.632. The third-order valence-corrected chi connectivity index (χ3v) is 3.19. The van der Waals surface area contributed by atoms with Gasteiger partial charge in [-0.25, -0.2) is 9.89 Å². The van der Waals surface area contributed by atoms with E-state index in [-0.39, 0.29) is 11.9 Å². The first kappa shape index (κ1) is 12.3. The third kappa shape index (κ3) is 2.27. The molecule has 0 bridgehead atoms. The first-order chi connectivity index (χ1) is 8.49. The van der Waals surface area contributed by atoms with E-state index in [4.69, 9.17) is 5.11 Å². The molecule has 2 heterocycles. The molecular formula is C10H14N4O4. The highest BCUT2D eigenvalue weighted by Crippen LogP contribution is 2.24. The second-order valence-electron chi connectivity index (χ2n) is 4.43. The Bertz CT molecular complexity index is 563. The summed E-state index contributed by atoms with van der Waals surface area (Å²) in [5, 5.41) is 14.8. The van der Waals surface area contributed by atoms with E-state index >= 15 is 0 Å². The Kier molecular flexibility index (Phi) is 3.17. The van der Waals surface area contributed by atoms with Gasteiger partial charge < -0.3 is 10.0 Å². The van der Waals surface area contributed by atoms with Crippen LogP contribution in [0.25, 0.3) is 0 Å². The van der Waals surface area contributed by atoms with Crippen LogP contribution in [-0.2, 0) is 4.79 Å². The molecule has 1 aromatic heterocycles. The largest absolute Gasteiger partial charge is 0.481 e. The van der Waals surface area contributed by atoms with Gasteiger partial charge in [0.1, 0.15) is 0 Å². The van der Waals surface area contributed by atoms with Gasteiger partial charge in [0.05, 0.1) is 5.92 Å². The van der Waals surface area contributed by atoms with Crippen molar-refractivity contribution >= 4 is 11.8 Å². The molecule has 0 radical (unpaired) electrons. The fraction of sp³-hybridized carbons (Fsp3) is 0.600. The molecule has 2 unspecified atom stereocenters. The zero-order valence-electron chi connectivity index (χ0n) is 9.84. The molecule has 8 heteroatoms. The zero-order valence-corrected chi connectivity index (χ0v) is 9.84. The van der Waals surface area contributed by atoms with Crippen molar-refractivity contribution in [2.45, 2.75) is 25.8 Å². The van der Waals surface area contributed by atoms with Crippen molar-refractivity contribution < 1.29 is 9.90 Å². The van der Waals surface area contributed by atoms with E-state index in [0.29, 0.717) is 19.4 Å². The summed E-state index contributed by atoms with van der Waals surface area (Å²) < 4.78 is 0. The molecule has 1 aromatic rings. The number of hydrogen-bond donors (Lipinski definition) is 3. The third-order valence-electron chi connectivity index (χ3n) is 3.19. The van der Waals surface area contributed by atoms with E-state index in [0.717, 1.165) is 0 Å². The molecule has 98 valence electrons. The van der Waals surface area contributed by atoms with Gasteiger partial charge in [-0.15, -0.1) is 5.10 Å². The number of H-pyrrole nitrogens is 2. The second kappa shape index (κ2) is 4.63. The summed E-state index contributed by atoms with van der Waals surface area (Å²) in [5.74, 6) is -1.08. The Morgan fingerprint density at radius 3 is 2.78 bits per heavy atom. The van der Waals surface area contributed by atoms with Gasteiger partial charge in [-0.2, -0.15) is 0 Å². The number of rotatable bonds is 2. The number of nitrogens with zero attached hydrogens (tertiary/aromatic N) is 2. The molecule has 1 aliphatic heterocycles. The number of aromatic nitrogens is 3. The fourth-order valence-electron chi connectivity index (χ4n) is 2.25. The minimum absolute atomic E-state index is 0.112. The van der Waals surface area contributed by atoms with Gasteiger partial charge in [0.15, 0.2) is 0 Å². The second-order valence-corrected chi connectivity index (χ2v) is 4.43. The summed E-state index contributed by atoms with van der Waals surface area (Å²) in [4.78, 5) is 37.2. The molecule has 0 amide bonds. The maximum absolute atomic E-state index is 11.6. The lowest BCUT2D eigenvalue weighted by Crippen LogP contribution is -2.46. The highest BCUT2D eigenvalue weighted by Gasteiger charge is 2.31. The van der Waals surface area contributed by atoms with Gasteiger partial charge in [-0.1, -0.05) is 0 Å². The van der Waals surface area contributed by atoms with Gasteiger partial charge in [0.2, 0.25) is 5.82 Å². The average molecular weight is 254 g/mol. The van der Waals surface area contributed by atoms with Gasteiger partial charge in [-0.3, -0.25) is 14.6 Å². The van der Waals surface area contributed by atoms with E-state index in [1.54, 1.807) is 4.90 Å². The molecule has 0 spiro atoms. The van der Waals surface area contributed by atoms with Crippen LogP contribution in [0, 0.1) is 5.92 Å². The van der Waals surface area contributed by atoms with Gasteiger partial charge in [-0.05, 0) is 19.8 Å². The Balaban J connectivity index is 2.23. The van der Waals surface area contributed by atoms with Crippen LogP contribution in [0.2, 0.25) is 0 Å². The van der Waals surface area contributed by atoms with Gasteiger partial charge >= 0.3 is 11.7 Å². The molecule has 8 nitrogen and oxygen atoms in total. The SMILES string of the molecule is CC1CC(C(=O)O)CCN1c1n[nH]c(=O)[nH]c1=O. The Morgan fingerprint density at radius 2 is 2.22 bits per heavy atom. The molecular weight excluding hydrogens is 240 g/mol. The molecule has 18 heavy (non-hydrogen) atoms. The van der Waals surface area contributed by atoms with Crippen LogP contribution >= 0.6 is 0 Å². The maximum atomic E-state index is 11.6. The van der Waals surface area contributed by atoms with Crippen molar-refractivity contribution in [1.82, 2.24) is 15.2 Å². The number of aliphatic carboxylic acids is 1. The van der Waals surface area contributed by atoms with Crippen molar-refractivity contribution in [3.05, 3.63) is 20.8 Å². The van der Waals surface area contributed by atoms with Crippen LogP contribution in [0.1, 0.15) is 19.8 Å². The van der Waals surface area contributed by atoms with Crippen LogP contribution in [0.15, 0.2) is 9.59 Å². The molecule has 0 aliphatic carbocycles. The van der Waals surface area contributed by atoms with Crippen LogP contribution in [0.3, 0.4) is 0 Å². The van der Waals surface area contributed by atoms with Crippen molar-refractivity contribution in [1.29, 1.82) is 0 Å². The number of carbonyl (C=O) groups is 1. The lowest BCUT2D eigenvalue weighted by molar-refractivity contribution is -0.142. The number of nitrogens with one attached hydrogen (secondary N) is 2. The van der Waals surface area contributed by atoms with E-state index in [9.17, 15) is 14.4 Å². The number of carboxylic acids is 1. The molecule has 3 N–H and O–H groups in total. The van der Waals surface area contributed by atoms with E-state index in [1.807, 2.05) is 6.92 Å². The van der Waals surface area contributed by atoms with E-state index < -0.39 is 23.1 Å². The summed E-state index contributed by atoms with van der Waals surface area (Å²) in [7, 11) is 0. The minimum Gasteiger partial charge on any atom is -0.481 e. The Labute approximate surface area is 102 Å². The zero-order chi connectivity index (χ0) is 13.3. The molecule has 1 saturated heterocycles. The molecule has 1 aliphatic rings. The lowest BCUT2D eigenvalue weighted by atomic mass is 9.92. The summed E-state index contributed by atoms with van der Waals surface area (Å²) in [5.41, 5.74) is -1.21. The van der Waals surface area contributed by atoms with E-state index in [1.165, 1.54) is 0 Å². The topological polar surface area (TPSA) is 119 Å². The van der Waals surface area contributed by atoms with Crippen LogP contribution in [0.5, 0.6) is 0 Å². The summed E-state index contributed by atoms with van der Waals surface area (Å²) >= 11 is 0. The predicted molar refractivity (Wildman–Crippen MR) is 62.6 cm³/mol. The number of carboxylic acid groups (broad SMARTS) is 1. The minimum atomic E-state index is -0.815. The van der Waals surface area contributed by atoms with Crippen molar-refractivity contribution in [3.8, 4) is 0 Å². The Hall–Kier alpha value is -2.12. The average Bonchev–Trinajstić information content (AvgIpc) is 2.30. The first-order valence-corrected chi connectivity index (χ1v) is 5.67. The fourth-order valence-corrected chi connectivity index (χ4v) is 2.25. The molecule has 0 aromatic carbocycles. The summed E-state index contributed by atoms with van der Waals surface area (Å²) in [6.07, 6.45) is 0.912. The van der Waals surface area contributed by atoms with Crippen LogP contribution < -0.4 is 16.1 Å². The van der Waals surface area contributed by atoms with Crippen LogP contribution in [0.4, 0.5) is 5.82 Å². The predicted octanol–water partition coefficient (Wildman–Crippen LogP) is -0.852. The highest BCUT2D eigenvalue weighted by atomic mass is 16.4. The molecule has 2 atom stereocenters. The first-order valence-electron chi connectivity index (χ1n) is 5.67. The highest BCUT2D eigenvalue weighted by molar-refractivity contribution is 5.70. The van der Waals surface area contributed by atoms with Crippen molar-refractivity contribution in [2.75, 3.05) is 11.4 Å². The smallest absolute Gasteiger partial charge is 0.342 e.